The Morgan fingerprint density at radius 3 is 2.69 bits per heavy atom. The molecule has 2 aromatic heterocycles. The summed E-state index contributed by atoms with van der Waals surface area (Å²) < 4.78 is 25.5. The summed E-state index contributed by atoms with van der Waals surface area (Å²) in [5.74, 6) is -1.12. The van der Waals surface area contributed by atoms with Crippen LogP contribution in [0.5, 0.6) is 0 Å². The van der Waals surface area contributed by atoms with Crippen molar-refractivity contribution in [3.63, 3.8) is 0 Å². The van der Waals surface area contributed by atoms with E-state index in [-0.39, 0.29) is 41.3 Å². The molecule has 2 N–H and O–H groups in total. The average molecular weight is 516 g/mol. The molecule has 5 rings (SSSR count). The van der Waals surface area contributed by atoms with Crippen LogP contribution in [0, 0.1) is 11.2 Å². The van der Waals surface area contributed by atoms with E-state index in [4.69, 9.17) is 20.6 Å². The van der Waals surface area contributed by atoms with E-state index in [9.17, 15) is 19.1 Å². The van der Waals surface area contributed by atoms with E-state index in [1.54, 1.807) is 0 Å². The standard InChI is InChI=1S/C26H27ClFN3O5/c1-26(8-9-26)13-17-12-20(30-35-17)25-23(14-2-3-14)24(31-36-25)15(4-7-22(33)34)10-21(32)29-19-6-5-16(27)11-18(19)28/h5-6,11-12,14-15H,2-4,7-10,13H2,1H3,(H,29,32)(H,33,34)/t15-/m0/s1. The molecule has 2 aliphatic carbocycles. The van der Waals surface area contributed by atoms with Crippen molar-refractivity contribution >= 4 is 29.2 Å². The van der Waals surface area contributed by atoms with Gasteiger partial charge in [-0.05, 0) is 61.6 Å². The van der Waals surface area contributed by atoms with E-state index in [2.05, 4.69) is 22.6 Å². The van der Waals surface area contributed by atoms with E-state index >= 15 is 0 Å². The van der Waals surface area contributed by atoms with Gasteiger partial charge in [0.05, 0.1) is 11.4 Å². The van der Waals surface area contributed by atoms with Gasteiger partial charge in [0.1, 0.15) is 11.6 Å². The van der Waals surface area contributed by atoms with Gasteiger partial charge in [-0.2, -0.15) is 0 Å². The molecule has 1 aromatic carbocycles. The lowest BCUT2D eigenvalue weighted by atomic mass is 9.90. The fourth-order valence-electron chi connectivity index (χ4n) is 4.52. The number of anilines is 1. The molecule has 10 heteroatoms. The highest BCUT2D eigenvalue weighted by Gasteiger charge is 2.40. The van der Waals surface area contributed by atoms with Gasteiger partial charge in [-0.1, -0.05) is 28.8 Å². The fraction of sp³-hybridized carbons (Fsp3) is 0.462. The number of benzene rings is 1. The van der Waals surface area contributed by atoms with Crippen LogP contribution in [0.1, 0.15) is 80.7 Å². The molecule has 2 heterocycles. The van der Waals surface area contributed by atoms with Gasteiger partial charge >= 0.3 is 5.97 Å². The third-order valence-electron chi connectivity index (χ3n) is 6.97. The first-order valence-corrected chi connectivity index (χ1v) is 12.5. The predicted octanol–water partition coefficient (Wildman–Crippen LogP) is 6.32. The number of amides is 1. The molecular weight excluding hydrogens is 489 g/mol. The van der Waals surface area contributed by atoms with Gasteiger partial charge < -0.3 is 19.5 Å². The Labute approximate surface area is 212 Å². The Morgan fingerprint density at radius 2 is 2.03 bits per heavy atom. The number of aromatic nitrogens is 2. The van der Waals surface area contributed by atoms with Crippen LogP contribution in [-0.4, -0.2) is 27.3 Å². The van der Waals surface area contributed by atoms with Gasteiger partial charge in [-0.15, -0.1) is 0 Å². The molecule has 2 fully saturated rings. The second-order valence-electron chi connectivity index (χ2n) is 10.3. The SMILES string of the molecule is CC1(Cc2cc(-c3onc([C@@H](CCC(=O)O)CC(=O)Nc4ccc(Cl)cc4F)c3C3CC3)no2)CC1. The molecule has 1 amide bonds. The maximum absolute atomic E-state index is 14.2. The van der Waals surface area contributed by atoms with Crippen molar-refractivity contribution < 1.29 is 28.1 Å². The van der Waals surface area contributed by atoms with Crippen molar-refractivity contribution in [3.8, 4) is 11.5 Å². The Morgan fingerprint density at radius 1 is 1.25 bits per heavy atom. The lowest BCUT2D eigenvalue weighted by Gasteiger charge is -2.15. The molecule has 190 valence electrons. The zero-order valence-corrected chi connectivity index (χ0v) is 20.6. The third kappa shape index (κ3) is 5.61. The molecule has 0 aliphatic heterocycles. The Kier molecular flexibility index (Phi) is 6.59. The number of carbonyl (C=O) groups is 2. The summed E-state index contributed by atoms with van der Waals surface area (Å²) in [7, 11) is 0. The van der Waals surface area contributed by atoms with Gasteiger partial charge in [0.25, 0.3) is 0 Å². The van der Waals surface area contributed by atoms with Crippen LogP contribution in [-0.2, 0) is 16.0 Å². The van der Waals surface area contributed by atoms with Crippen molar-refractivity contribution in [1.82, 2.24) is 10.3 Å². The monoisotopic (exact) mass is 515 g/mol. The molecular formula is C26H27ClFN3O5. The Hall–Kier alpha value is -3.20. The van der Waals surface area contributed by atoms with Gasteiger partial charge in [-0.3, -0.25) is 9.59 Å². The number of nitrogens with zero attached hydrogens (tertiary/aromatic N) is 2. The molecule has 0 saturated heterocycles. The number of halogens is 2. The number of nitrogens with one attached hydrogen (secondary N) is 1. The van der Waals surface area contributed by atoms with Crippen LogP contribution in [0.2, 0.25) is 5.02 Å². The summed E-state index contributed by atoms with van der Waals surface area (Å²) >= 11 is 5.79. The van der Waals surface area contributed by atoms with E-state index < -0.39 is 23.6 Å². The summed E-state index contributed by atoms with van der Waals surface area (Å²) in [6.07, 6.45) is 4.97. The van der Waals surface area contributed by atoms with E-state index in [1.165, 1.54) is 12.1 Å². The number of carboxylic acid groups (broad SMARTS) is 1. The maximum atomic E-state index is 14.2. The van der Waals surface area contributed by atoms with E-state index in [0.717, 1.165) is 49.5 Å². The van der Waals surface area contributed by atoms with Crippen molar-refractivity contribution in [2.24, 2.45) is 5.41 Å². The summed E-state index contributed by atoms with van der Waals surface area (Å²) in [4.78, 5) is 24.2. The summed E-state index contributed by atoms with van der Waals surface area (Å²) in [5, 5.41) is 20.6. The number of carbonyl (C=O) groups excluding carboxylic acids is 1. The summed E-state index contributed by atoms with van der Waals surface area (Å²) in [6, 6.07) is 5.86. The van der Waals surface area contributed by atoms with Gasteiger partial charge in [0, 0.05) is 41.8 Å². The molecule has 0 unspecified atom stereocenters. The molecule has 0 radical (unpaired) electrons. The lowest BCUT2D eigenvalue weighted by molar-refractivity contribution is -0.137. The van der Waals surface area contributed by atoms with E-state index in [0.29, 0.717) is 17.1 Å². The van der Waals surface area contributed by atoms with Crippen LogP contribution in [0.3, 0.4) is 0 Å². The van der Waals surface area contributed by atoms with Crippen molar-refractivity contribution in [2.45, 2.75) is 70.1 Å². The molecule has 0 spiro atoms. The largest absolute Gasteiger partial charge is 0.481 e. The highest BCUT2D eigenvalue weighted by molar-refractivity contribution is 6.30. The maximum Gasteiger partial charge on any atom is 0.303 e. The predicted molar refractivity (Wildman–Crippen MR) is 129 cm³/mol. The summed E-state index contributed by atoms with van der Waals surface area (Å²) in [6.45, 7) is 2.21. The fourth-order valence-corrected chi connectivity index (χ4v) is 4.68. The first-order chi connectivity index (χ1) is 17.2. The van der Waals surface area contributed by atoms with Crippen molar-refractivity contribution in [1.29, 1.82) is 0 Å². The van der Waals surface area contributed by atoms with Gasteiger partial charge in [0.15, 0.2) is 11.5 Å². The topological polar surface area (TPSA) is 118 Å². The average Bonchev–Trinajstić information content (AvgIpc) is 3.70. The third-order valence-corrected chi connectivity index (χ3v) is 7.20. The number of rotatable bonds is 11. The zero-order chi connectivity index (χ0) is 25.4. The van der Waals surface area contributed by atoms with Gasteiger partial charge in [0.2, 0.25) is 5.91 Å². The number of carboxylic acids is 1. The van der Waals surface area contributed by atoms with E-state index in [1.807, 2.05) is 6.07 Å². The second-order valence-corrected chi connectivity index (χ2v) is 10.7. The lowest BCUT2D eigenvalue weighted by Crippen LogP contribution is -2.18. The first-order valence-electron chi connectivity index (χ1n) is 12.1. The Balaban J connectivity index is 1.40. The van der Waals surface area contributed by atoms with Gasteiger partial charge in [-0.25, -0.2) is 4.39 Å². The first kappa shape index (κ1) is 24.5. The quantitative estimate of drug-likeness (QED) is 0.306. The zero-order valence-electron chi connectivity index (χ0n) is 19.9. The minimum absolute atomic E-state index is 0.00382. The number of hydrogen-bond donors (Lipinski definition) is 2. The summed E-state index contributed by atoms with van der Waals surface area (Å²) in [5.41, 5.74) is 2.23. The minimum atomic E-state index is -0.976. The van der Waals surface area contributed by atoms with Crippen LogP contribution in [0.4, 0.5) is 10.1 Å². The highest BCUT2D eigenvalue weighted by atomic mass is 35.5. The second kappa shape index (κ2) is 9.69. The normalized spacial score (nSPS) is 17.1. The van der Waals surface area contributed by atoms with Crippen molar-refractivity contribution in [3.05, 3.63) is 52.1 Å². The van der Waals surface area contributed by atoms with Crippen LogP contribution in [0.15, 0.2) is 33.3 Å². The van der Waals surface area contributed by atoms with Crippen molar-refractivity contribution in [2.75, 3.05) is 5.32 Å². The molecule has 8 nitrogen and oxygen atoms in total. The smallest absolute Gasteiger partial charge is 0.303 e. The molecule has 3 aromatic rings. The number of hydrogen-bond acceptors (Lipinski definition) is 6. The molecule has 2 aliphatic rings. The number of aliphatic carboxylic acids is 1. The van der Waals surface area contributed by atoms with Crippen LogP contribution in [0.25, 0.3) is 11.5 Å². The molecule has 0 bridgehead atoms. The minimum Gasteiger partial charge on any atom is -0.481 e. The molecule has 36 heavy (non-hydrogen) atoms. The molecule has 2 saturated carbocycles. The van der Waals surface area contributed by atoms with Crippen LogP contribution < -0.4 is 5.32 Å². The highest BCUT2D eigenvalue weighted by Crippen LogP contribution is 2.50. The Bertz CT molecular complexity index is 1290. The molecule has 1 atom stereocenters. The van der Waals surface area contributed by atoms with Crippen LogP contribution >= 0.6 is 11.6 Å².